The lowest BCUT2D eigenvalue weighted by atomic mass is 10.1. The van der Waals surface area contributed by atoms with Gasteiger partial charge in [0.25, 0.3) is 0 Å². The normalized spacial score (nSPS) is 19.1. The van der Waals surface area contributed by atoms with Gasteiger partial charge in [0.15, 0.2) is 6.23 Å². The molecule has 2 fully saturated rings. The fourth-order valence-corrected chi connectivity index (χ4v) is 3.75. The summed E-state index contributed by atoms with van der Waals surface area (Å²) in [7, 11) is 0. The number of likely N-dealkylation sites (tertiary alicyclic amines) is 1. The second-order valence-corrected chi connectivity index (χ2v) is 7.26. The molecule has 1 saturated carbocycles. The molecule has 6 heteroatoms. The third-order valence-electron chi connectivity index (χ3n) is 5.37. The maximum absolute atomic E-state index is 6.39. The Balaban J connectivity index is 1.59. The maximum atomic E-state index is 6.39. The van der Waals surface area contributed by atoms with Crippen LogP contribution in [-0.2, 0) is 0 Å². The summed E-state index contributed by atoms with van der Waals surface area (Å²) >= 11 is 0. The fraction of sp³-hybridized carbons (Fsp3) is 0.450. The lowest BCUT2D eigenvalue weighted by Crippen LogP contribution is -2.35. The first-order valence-corrected chi connectivity index (χ1v) is 9.48. The van der Waals surface area contributed by atoms with Crippen LogP contribution in [0.3, 0.4) is 0 Å². The van der Waals surface area contributed by atoms with E-state index in [1.54, 1.807) is 12.4 Å². The molecule has 1 aliphatic heterocycles. The first-order chi connectivity index (χ1) is 12.8. The molecule has 1 atom stereocenters. The highest BCUT2D eigenvalue weighted by atomic mass is 16.5. The van der Waals surface area contributed by atoms with Gasteiger partial charge >= 0.3 is 0 Å². The molecule has 0 unspecified atom stereocenters. The van der Waals surface area contributed by atoms with Crippen LogP contribution in [0.5, 0.6) is 5.88 Å². The third-order valence-corrected chi connectivity index (χ3v) is 5.37. The molecule has 6 nitrogen and oxygen atoms in total. The molecule has 134 valence electrons. The molecule has 1 aliphatic carbocycles. The Labute approximate surface area is 152 Å². The largest absolute Gasteiger partial charge is 0.457 e. The fourth-order valence-electron chi connectivity index (χ4n) is 3.75. The predicted octanol–water partition coefficient (Wildman–Crippen LogP) is 3.65. The number of nitrogens with zero attached hydrogens (tertiary/aromatic N) is 5. The van der Waals surface area contributed by atoms with Gasteiger partial charge in [0.05, 0.1) is 17.5 Å². The van der Waals surface area contributed by atoms with E-state index in [-0.39, 0.29) is 6.23 Å². The quantitative estimate of drug-likeness (QED) is 0.704. The molecule has 4 heterocycles. The molecule has 0 bridgehead atoms. The predicted molar refractivity (Wildman–Crippen MR) is 99.9 cm³/mol. The Morgan fingerprint density at radius 2 is 1.92 bits per heavy atom. The molecular weight excluding hydrogens is 326 g/mol. The van der Waals surface area contributed by atoms with Crippen molar-refractivity contribution < 1.29 is 4.74 Å². The lowest BCUT2D eigenvalue weighted by molar-refractivity contribution is 0.0564. The number of fused-ring (bicyclic) bond motifs is 1. The van der Waals surface area contributed by atoms with E-state index >= 15 is 0 Å². The maximum Gasteiger partial charge on any atom is 0.242 e. The molecule has 3 aromatic heterocycles. The zero-order chi connectivity index (χ0) is 17.5. The summed E-state index contributed by atoms with van der Waals surface area (Å²) in [6.07, 6.45) is 10.4. The van der Waals surface area contributed by atoms with E-state index < -0.39 is 0 Å². The van der Waals surface area contributed by atoms with Gasteiger partial charge in [0.1, 0.15) is 5.52 Å². The zero-order valence-electron chi connectivity index (χ0n) is 15.0. The summed E-state index contributed by atoms with van der Waals surface area (Å²) in [5.74, 6) is 0.693. The lowest BCUT2D eigenvalue weighted by Gasteiger charge is -2.24. The average Bonchev–Trinajstić information content (AvgIpc) is 3.20. The summed E-state index contributed by atoms with van der Waals surface area (Å²) < 4.78 is 8.63. The van der Waals surface area contributed by atoms with E-state index in [2.05, 4.69) is 32.4 Å². The number of rotatable bonds is 5. The summed E-state index contributed by atoms with van der Waals surface area (Å²) in [6.45, 7) is 4.31. The molecule has 3 aromatic rings. The Bertz CT molecular complexity index is 913. The van der Waals surface area contributed by atoms with Crippen LogP contribution in [-0.4, -0.2) is 43.7 Å². The van der Waals surface area contributed by atoms with Crippen LogP contribution < -0.4 is 4.74 Å². The van der Waals surface area contributed by atoms with Crippen LogP contribution in [0.25, 0.3) is 22.3 Å². The van der Waals surface area contributed by atoms with Crippen LogP contribution >= 0.6 is 0 Å². The SMILES string of the molecule is C[C@@H](Oc1nc(-c2ccncc2)cc2ncn(C3CC3)c12)N1CCCC1. The number of pyridine rings is 2. The van der Waals surface area contributed by atoms with Gasteiger partial charge in [0.2, 0.25) is 5.88 Å². The van der Waals surface area contributed by atoms with Gasteiger partial charge in [-0.3, -0.25) is 9.88 Å². The van der Waals surface area contributed by atoms with Gasteiger partial charge in [-0.2, -0.15) is 0 Å². The Hall–Kier alpha value is -2.47. The number of imidazole rings is 1. The average molecular weight is 349 g/mol. The molecular formula is C20H23N5O. The van der Waals surface area contributed by atoms with Crippen molar-refractivity contribution in [2.24, 2.45) is 0 Å². The second kappa shape index (κ2) is 6.36. The highest BCUT2D eigenvalue weighted by Gasteiger charge is 2.28. The molecule has 1 saturated heterocycles. The van der Waals surface area contributed by atoms with Crippen molar-refractivity contribution in [3.63, 3.8) is 0 Å². The standard InChI is InChI=1S/C20H23N5O/c1-14(24-10-2-3-11-24)26-20-19-18(22-13-25(19)16-4-5-16)12-17(23-20)15-6-8-21-9-7-15/h6-9,12-14,16H,2-5,10-11H2,1H3/t14-/m1/s1. The van der Waals surface area contributed by atoms with Gasteiger partial charge in [-0.05, 0) is 50.8 Å². The molecule has 0 N–H and O–H groups in total. The Morgan fingerprint density at radius 3 is 2.65 bits per heavy atom. The summed E-state index contributed by atoms with van der Waals surface area (Å²) in [5.41, 5.74) is 3.88. The highest BCUT2D eigenvalue weighted by molar-refractivity contribution is 5.84. The topological polar surface area (TPSA) is 56.1 Å². The third kappa shape index (κ3) is 2.84. The van der Waals surface area contributed by atoms with E-state index in [4.69, 9.17) is 9.72 Å². The van der Waals surface area contributed by atoms with Crippen LogP contribution in [0.15, 0.2) is 36.9 Å². The molecule has 0 aromatic carbocycles. The second-order valence-electron chi connectivity index (χ2n) is 7.26. The van der Waals surface area contributed by atoms with Crippen molar-refractivity contribution in [1.82, 2.24) is 24.4 Å². The van der Waals surface area contributed by atoms with E-state index in [9.17, 15) is 0 Å². The smallest absolute Gasteiger partial charge is 0.242 e. The van der Waals surface area contributed by atoms with Crippen LogP contribution in [0.4, 0.5) is 0 Å². The minimum atomic E-state index is 0.0171. The minimum absolute atomic E-state index is 0.0171. The van der Waals surface area contributed by atoms with Crippen LogP contribution in [0, 0.1) is 0 Å². The van der Waals surface area contributed by atoms with Crippen molar-refractivity contribution in [1.29, 1.82) is 0 Å². The van der Waals surface area contributed by atoms with Gasteiger partial charge in [-0.1, -0.05) is 0 Å². The van der Waals surface area contributed by atoms with Gasteiger partial charge < -0.3 is 9.30 Å². The number of ether oxygens (including phenoxy) is 1. The van der Waals surface area contributed by atoms with Crippen molar-refractivity contribution in [2.75, 3.05) is 13.1 Å². The number of hydrogen-bond acceptors (Lipinski definition) is 5. The Morgan fingerprint density at radius 1 is 1.15 bits per heavy atom. The highest BCUT2D eigenvalue weighted by Crippen LogP contribution is 2.40. The summed E-state index contributed by atoms with van der Waals surface area (Å²) in [4.78, 5) is 16.0. The van der Waals surface area contributed by atoms with Crippen molar-refractivity contribution in [3.05, 3.63) is 36.9 Å². The van der Waals surface area contributed by atoms with Crippen molar-refractivity contribution >= 4 is 11.0 Å². The van der Waals surface area contributed by atoms with Gasteiger partial charge in [-0.15, -0.1) is 0 Å². The van der Waals surface area contributed by atoms with E-state index in [0.29, 0.717) is 11.9 Å². The van der Waals surface area contributed by atoms with E-state index in [1.165, 1.54) is 25.7 Å². The van der Waals surface area contributed by atoms with E-state index in [1.807, 2.05) is 18.5 Å². The molecule has 5 rings (SSSR count). The van der Waals surface area contributed by atoms with Crippen LogP contribution in [0.2, 0.25) is 0 Å². The number of hydrogen-bond donors (Lipinski definition) is 0. The van der Waals surface area contributed by atoms with Gasteiger partial charge in [-0.25, -0.2) is 9.97 Å². The Kier molecular flexibility index (Phi) is 3.85. The molecule has 0 radical (unpaired) electrons. The van der Waals surface area contributed by atoms with E-state index in [0.717, 1.165) is 35.4 Å². The molecule has 26 heavy (non-hydrogen) atoms. The first-order valence-electron chi connectivity index (χ1n) is 9.48. The molecule has 2 aliphatic rings. The summed E-state index contributed by atoms with van der Waals surface area (Å²) in [5, 5.41) is 0. The first kappa shape index (κ1) is 15.8. The number of aromatic nitrogens is 4. The zero-order valence-corrected chi connectivity index (χ0v) is 15.0. The monoisotopic (exact) mass is 349 g/mol. The van der Waals surface area contributed by atoms with Crippen molar-refractivity contribution in [2.45, 2.75) is 44.9 Å². The minimum Gasteiger partial charge on any atom is -0.457 e. The molecule has 0 spiro atoms. The summed E-state index contributed by atoms with van der Waals surface area (Å²) in [6, 6.07) is 6.54. The van der Waals surface area contributed by atoms with Crippen molar-refractivity contribution in [3.8, 4) is 17.1 Å². The molecule has 0 amide bonds. The van der Waals surface area contributed by atoms with Gasteiger partial charge in [0, 0.05) is 37.1 Å². The van der Waals surface area contributed by atoms with Crippen LogP contribution in [0.1, 0.15) is 38.6 Å².